The fraction of sp³-hybridized carbons (Fsp3) is 0.231. The second-order valence-electron chi connectivity index (χ2n) is 8.29. The summed E-state index contributed by atoms with van der Waals surface area (Å²) in [5.74, 6) is -0.109. The van der Waals surface area contributed by atoms with Gasteiger partial charge in [0.2, 0.25) is 0 Å². The molecule has 3 rings (SSSR count). The average Bonchev–Trinajstić information content (AvgIpc) is 2.77. The Hall–Kier alpha value is -3.45. The lowest BCUT2D eigenvalue weighted by atomic mass is 10.0. The minimum Gasteiger partial charge on any atom is -0.271 e. The third-order valence-electron chi connectivity index (χ3n) is 5.12. The Morgan fingerprint density at radius 3 is 2.15 bits per heavy atom. The maximum atomic E-state index is 13.4. The van der Waals surface area contributed by atoms with Crippen LogP contribution in [0.4, 0.5) is 5.69 Å². The van der Waals surface area contributed by atoms with E-state index in [2.05, 4.69) is 24.4 Å². The van der Waals surface area contributed by atoms with Crippen molar-refractivity contribution in [3.63, 3.8) is 0 Å². The summed E-state index contributed by atoms with van der Waals surface area (Å²) in [5.41, 5.74) is 6.73. The number of anilines is 1. The highest BCUT2D eigenvalue weighted by Crippen LogP contribution is 2.25. The predicted octanol–water partition coefficient (Wildman–Crippen LogP) is 4.77. The number of sulfonamides is 1. The first-order chi connectivity index (χ1) is 15.7. The molecule has 0 atom stereocenters. The summed E-state index contributed by atoms with van der Waals surface area (Å²) >= 11 is 0. The Bertz CT molecular complexity index is 1220. The summed E-state index contributed by atoms with van der Waals surface area (Å²) in [6, 6.07) is 21.4. The minimum absolute atomic E-state index is 0.116. The van der Waals surface area contributed by atoms with Gasteiger partial charge in [0.1, 0.15) is 6.54 Å². The van der Waals surface area contributed by atoms with Crippen LogP contribution in [-0.4, -0.2) is 27.1 Å². The number of carbonyl (C=O) groups is 1. The molecule has 0 aliphatic carbocycles. The fourth-order valence-electron chi connectivity index (χ4n) is 3.44. The van der Waals surface area contributed by atoms with E-state index in [-0.39, 0.29) is 4.90 Å². The van der Waals surface area contributed by atoms with Crippen LogP contribution in [0.15, 0.2) is 82.8 Å². The van der Waals surface area contributed by atoms with Crippen molar-refractivity contribution in [1.82, 2.24) is 5.43 Å². The van der Waals surface area contributed by atoms with Gasteiger partial charge in [0.25, 0.3) is 15.9 Å². The lowest BCUT2D eigenvalue weighted by Crippen LogP contribution is -2.39. The molecule has 0 saturated heterocycles. The van der Waals surface area contributed by atoms with Crippen LogP contribution >= 0.6 is 0 Å². The molecule has 0 heterocycles. The predicted molar refractivity (Wildman–Crippen MR) is 133 cm³/mol. The Morgan fingerprint density at radius 2 is 1.58 bits per heavy atom. The molecule has 0 saturated carbocycles. The van der Waals surface area contributed by atoms with Crippen LogP contribution in [0.1, 0.15) is 42.0 Å². The highest BCUT2D eigenvalue weighted by molar-refractivity contribution is 7.92. The second kappa shape index (κ2) is 10.4. The minimum atomic E-state index is -3.95. The number of rotatable bonds is 8. The summed E-state index contributed by atoms with van der Waals surface area (Å²) in [7, 11) is -3.95. The largest absolute Gasteiger partial charge is 0.271 e. The molecule has 172 valence electrons. The molecule has 33 heavy (non-hydrogen) atoms. The Balaban J connectivity index is 1.82. The topological polar surface area (TPSA) is 78.8 Å². The molecular formula is C26H29N3O3S. The van der Waals surface area contributed by atoms with Gasteiger partial charge in [-0.15, -0.1) is 0 Å². The number of benzene rings is 3. The van der Waals surface area contributed by atoms with Gasteiger partial charge in [-0.25, -0.2) is 13.8 Å². The van der Waals surface area contributed by atoms with Gasteiger partial charge in [0.15, 0.2) is 0 Å². The maximum Gasteiger partial charge on any atom is 0.264 e. The van der Waals surface area contributed by atoms with Crippen molar-refractivity contribution in [3.05, 3.63) is 95.1 Å². The number of nitrogens with one attached hydrogen (secondary N) is 1. The van der Waals surface area contributed by atoms with E-state index in [4.69, 9.17) is 0 Å². The Morgan fingerprint density at radius 1 is 0.970 bits per heavy atom. The lowest BCUT2D eigenvalue weighted by Gasteiger charge is -2.24. The first-order valence-electron chi connectivity index (χ1n) is 10.7. The summed E-state index contributed by atoms with van der Waals surface area (Å²) in [5, 5.41) is 4.01. The fourth-order valence-corrected chi connectivity index (χ4v) is 4.87. The van der Waals surface area contributed by atoms with E-state index in [1.807, 2.05) is 44.2 Å². The maximum absolute atomic E-state index is 13.4. The van der Waals surface area contributed by atoms with Crippen molar-refractivity contribution in [2.45, 2.75) is 38.5 Å². The third-order valence-corrected chi connectivity index (χ3v) is 6.91. The highest BCUT2D eigenvalue weighted by atomic mass is 32.2. The molecule has 7 heteroatoms. The Labute approximate surface area is 196 Å². The molecular weight excluding hydrogens is 434 g/mol. The molecule has 3 aromatic rings. The van der Waals surface area contributed by atoms with Crippen LogP contribution in [0.2, 0.25) is 0 Å². The number of carbonyl (C=O) groups excluding carboxylic acids is 1. The number of hydrogen-bond donors (Lipinski definition) is 1. The molecule has 0 aliphatic rings. The summed E-state index contributed by atoms with van der Waals surface area (Å²) in [6.07, 6.45) is 1.54. The smallest absolute Gasteiger partial charge is 0.264 e. The van der Waals surface area contributed by atoms with Gasteiger partial charge in [-0.2, -0.15) is 5.10 Å². The average molecular weight is 464 g/mol. The molecule has 0 bridgehead atoms. The van der Waals surface area contributed by atoms with Crippen molar-refractivity contribution < 1.29 is 13.2 Å². The molecule has 0 aromatic heterocycles. The van der Waals surface area contributed by atoms with E-state index in [1.165, 1.54) is 23.9 Å². The first-order valence-corrected chi connectivity index (χ1v) is 12.2. The van der Waals surface area contributed by atoms with Crippen LogP contribution in [-0.2, 0) is 14.8 Å². The van der Waals surface area contributed by atoms with Crippen molar-refractivity contribution in [1.29, 1.82) is 0 Å². The van der Waals surface area contributed by atoms with E-state index >= 15 is 0 Å². The van der Waals surface area contributed by atoms with E-state index in [1.54, 1.807) is 30.3 Å². The van der Waals surface area contributed by atoms with Gasteiger partial charge in [-0.3, -0.25) is 9.10 Å². The van der Waals surface area contributed by atoms with Gasteiger partial charge >= 0.3 is 0 Å². The number of amides is 1. The summed E-state index contributed by atoms with van der Waals surface area (Å²) in [4.78, 5) is 12.8. The van der Waals surface area contributed by atoms with Gasteiger partial charge in [-0.05, 0) is 66.3 Å². The number of nitrogens with zero attached hydrogens (tertiary/aromatic N) is 2. The summed E-state index contributed by atoms with van der Waals surface area (Å²) < 4.78 is 27.9. The van der Waals surface area contributed by atoms with Crippen LogP contribution in [0, 0.1) is 13.8 Å². The molecule has 1 N–H and O–H groups in total. The first kappa shape index (κ1) is 24.2. The lowest BCUT2D eigenvalue weighted by molar-refractivity contribution is -0.119. The SMILES string of the molecule is Cc1cc(C)cc(N(CC(=O)N/N=C\c2ccc(C(C)C)cc2)S(=O)(=O)c2ccccc2)c1. The van der Waals surface area contributed by atoms with Gasteiger partial charge < -0.3 is 0 Å². The molecule has 0 radical (unpaired) electrons. The van der Waals surface area contributed by atoms with Crippen molar-refractivity contribution in [2.75, 3.05) is 10.8 Å². The molecule has 0 unspecified atom stereocenters. The van der Waals surface area contributed by atoms with Gasteiger partial charge in [-0.1, -0.05) is 62.4 Å². The van der Waals surface area contributed by atoms with Crippen LogP contribution < -0.4 is 9.73 Å². The van der Waals surface area contributed by atoms with Crippen LogP contribution in [0.25, 0.3) is 0 Å². The monoisotopic (exact) mass is 463 g/mol. The molecule has 3 aromatic carbocycles. The third kappa shape index (κ3) is 6.29. The quantitative estimate of drug-likeness (QED) is 0.386. The van der Waals surface area contributed by atoms with Gasteiger partial charge in [0, 0.05) is 0 Å². The standard InChI is InChI=1S/C26H29N3O3S/c1-19(2)23-12-10-22(11-13-23)17-27-28-26(30)18-29(24-15-20(3)14-21(4)16-24)33(31,32)25-8-6-5-7-9-25/h5-17,19H,18H2,1-4H3,(H,28,30)/b27-17-. The van der Waals surface area contributed by atoms with Crippen molar-refractivity contribution in [3.8, 4) is 0 Å². The summed E-state index contributed by atoms with van der Waals surface area (Å²) in [6.45, 7) is 7.61. The van der Waals surface area contributed by atoms with Crippen LogP contribution in [0.5, 0.6) is 0 Å². The van der Waals surface area contributed by atoms with E-state index in [0.717, 1.165) is 21.0 Å². The van der Waals surface area contributed by atoms with Crippen molar-refractivity contribution >= 4 is 27.8 Å². The molecule has 1 amide bonds. The van der Waals surface area contributed by atoms with Crippen molar-refractivity contribution in [2.24, 2.45) is 5.10 Å². The zero-order valence-corrected chi connectivity index (χ0v) is 20.1. The normalized spacial score (nSPS) is 11.7. The number of hydrazone groups is 1. The second-order valence-corrected chi connectivity index (χ2v) is 10.1. The van der Waals surface area contributed by atoms with E-state index < -0.39 is 22.5 Å². The Kier molecular flexibility index (Phi) is 7.66. The molecule has 0 spiro atoms. The van der Waals surface area contributed by atoms with E-state index in [0.29, 0.717) is 11.6 Å². The van der Waals surface area contributed by atoms with Crippen LogP contribution in [0.3, 0.4) is 0 Å². The molecule has 6 nitrogen and oxygen atoms in total. The molecule has 0 fully saturated rings. The number of aryl methyl sites for hydroxylation is 2. The zero-order chi connectivity index (χ0) is 24.0. The highest BCUT2D eigenvalue weighted by Gasteiger charge is 2.27. The molecule has 0 aliphatic heterocycles. The van der Waals surface area contributed by atoms with Gasteiger partial charge in [0.05, 0.1) is 16.8 Å². The number of hydrogen-bond acceptors (Lipinski definition) is 4. The zero-order valence-electron chi connectivity index (χ0n) is 19.3. The van der Waals surface area contributed by atoms with E-state index in [9.17, 15) is 13.2 Å².